The van der Waals surface area contributed by atoms with Crippen LogP contribution in [0.3, 0.4) is 0 Å². The van der Waals surface area contributed by atoms with Gasteiger partial charge in [-0.1, -0.05) is 38.3 Å². The lowest BCUT2D eigenvalue weighted by molar-refractivity contribution is -0.274. The van der Waals surface area contributed by atoms with Crippen molar-refractivity contribution >= 4 is 0 Å². The molecule has 118 valence electrons. The smallest absolute Gasteiger partial charge is 0.406 e. The minimum atomic E-state index is -4.65. The molecular weight excluding hydrogens is 279 g/mol. The van der Waals surface area contributed by atoms with Gasteiger partial charge in [0.05, 0.1) is 0 Å². The first kappa shape index (κ1) is 16.1. The van der Waals surface area contributed by atoms with Crippen LogP contribution >= 0.6 is 0 Å². The SMILES string of the molecule is CCC1CCCCC1(N)Cc1ccc(OC(F)(F)F)cc1. The second-order valence-corrected chi connectivity index (χ2v) is 5.95. The lowest BCUT2D eigenvalue weighted by Gasteiger charge is -2.41. The summed E-state index contributed by atoms with van der Waals surface area (Å²) < 4.78 is 40.3. The van der Waals surface area contributed by atoms with Crippen LogP contribution in [0.25, 0.3) is 0 Å². The van der Waals surface area contributed by atoms with Crippen LogP contribution in [-0.2, 0) is 6.42 Å². The van der Waals surface area contributed by atoms with E-state index in [0.717, 1.165) is 31.2 Å². The van der Waals surface area contributed by atoms with E-state index in [1.165, 1.54) is 18.6 Å². The molecule has 1 saturated carbocycles. The van der Waals surface area contributed by atoms with Crippen LogP contribution in [0.4, 0.5) is 13.2 Å². The van der Waals surface area contributed by atoms with E-state index < -0.39 is 6.36 Å². The summed E-state index contributed by atoms with van der Waals surface area (Å²) in [4.78, 5) is 0. The number of ether oxygens (including phenoxy) is 1. The summed E-state index contributed by atoms with van der Waals surface area (Å²) in [6.07, 6.45) is 1.57. The van der Waals surface area contributed by atoms with Crippen molar-refractivity contribution in [3.63, 3.8) is 0 Å². The Bertz CT molecular complexity index is 458. The van der Waals surface area contributed by atoms with Crippen LogP contribution in [0.15, 0.2) is 24.3 Å². The van der Waals surface area contributed by atoms with Gasteiger partial charge in [-0.2, -0.15) is 0 Å². The molecule has 0 aromatic heterocycles. The molecule has 21 heavy (non-hydrogen) atoms. The molecule has 2 atom stereocenters. The number of rotatable bonds is 4. The molecule has 2 nitrogen and oxygen atoms in total. The highest BCUT2D eigenvalue weighted by Crippen LogP contribution is 2.36. The van der Waals surface area contributed by atoms with Crippen molar-refractivity contribution < 1.29 is 17.9 Å². The Morgan fingerprint density at radius 3 is 2.48 bits per heavy atom. The molecule has 1 aromatic rings. The fraction of sp³-hybridized carbons (Fsp3) is 0.625. The monoisotopic (exact) mass is 301 g/mol. The Hall–Kier alpha value is -1.23. The summed E-state index contributed by atoms with van der Waals surface area (Å²) in [5.74, 6) is 0.297. The largest absolute Gasteiger partial charge is 0.573 e. The van der Waals surface area contributed by atoms with Crippen molar-refractivity contribution in [2.45, 2.75) is 57.3 Å². The van der Waals surface area contributed by atoms with Gasteiger partial charge in [0.1, 0.15) is 5.75 Å². The first-order valence-electron chi connectivity index (χ1n) is 7.46. The van der Waals surface area contributed by atoms with E-state index in [1.54, 1.807) is 12.1 Å². The van der Waals surface area contributed by atoms with Crippen molar-refractivity contribution in [1.29, 1.82) is 0 Å². The fourth-order valence-electron chi connectivity index (χ4n) is 3.37. The molecule has 1 aliphatic rings. The second kappa shape index (κ2) is 6.26. The molecule has 1 aromatic carbocycles. The molecule has 2 N–H and O–H groups in total. The van der Waals surface area contributed by atoms with Crippen molar-refractivity contribution in [2.75, 3.05) is 0 Å². The van der Waals surface area contributed by atoms with Crippen molar-refractivity contribution in [3.8, 4) is 5.75 Å². The third-order valence-electron chi connectivity index (χ3n) is 4.44. The number of nitrogens with two attached hydrogens (primary N) is 1. The summed E-state index contributed by atoms with van der Waals surface area (Å²) in [5, 5.41) is 0. The lowest BCUT2D eigenvalue weighted by atomic mass is 9.69. The van der Waals surface area contributed by atoms with E-state index in [4.69, 9.17) is 5.73 Å². The van der Waals surface area contributed by atoms with Gasteiger partial charge >= 0.3 is 6.36 Å². The van der Waals surface area contributed by atoms with Crippen LogP contribution in [0.2, 0.25) is 0 Å². The average molecular weight is 301 g/mol. The number of halogens is 3. The van der Waals surface area contributed by atoms with Gasteiger partial charge < -0.3 is 10.5 Å². The Balaban J connectivity index is 2.05. The molecule has 1 fully saturated rings. The van der Waals surface area contributed by atoms with Gasteiger partial charge in [0, 0.05) is 5.54 Å². The lowest BCUT2D eigenvalue weighted by Crippen LogP contribution is -2.50. The van der Waals surface area contributed by atoms with Gasteiger partial charge in [0.2, 0.25) is 0 Å². The molecule has 2 unspecified atom stereocenters. The van der Waals surface area contributed by atoms with Crippen molar-refractivity contribution in [1.82, 2.24) is 0 Å². The standard InChI is InChI=1S/C16H22F3NO/c1-2-13-5-3-4-10-15(13,20)11-12-6-8-14(9-7-12)21-16(17,18)19/h6-9,13H,2-5,10-11,20H2,1H3. The number of benzene rings is 1. The van der Waals surface area contributed by atoms with Gasteiger partial charge in [-0.25, -0.2) is 0 Å². The zero-order valence-electron chi connectivity index (χ0n) is 12.2. The summed E-state index contributed by atoms with van der Waals surface area (Å²) in [6.45, 7) is 2.15. The van der Waals surface area contributed by atoms with Crippen LogP contribution in [-0.4, -0.2) is 11.9 Å². The molecule has 5 heteroatoms. The molecule has 0 heterocycles. The molecule has 0 saturated heterocycles. The van der Waals surface area contributed by atoms with Crippen LogP contribution in [0.5, 0.6) is 5.75 Å². The molecule has 0 spiro atoms. The third kappa shape index (κ3) is 4.37. The second-order valence-electron chi connectivity index (χ2n) is 5.95. The van der Waals surface area contributed by atoms with Gasteiger partial charge in [-0.3, -0.25) is 0 Å². The Kier molecular flexibility index (Phi) is 4.81. The van der Waals surface area contributed by atoms with E-state index in [-0.39, 0.29) is 11.3 Å². The molecule has 2 rings (SSSR count). The first-order chi connectivity index (χ1) is 9.82. The first-order valence-corrected chi connectivity index (χ1v) is 7.46. The summed E-state index contributed by atoms with van der Waals surface area (Å²) >= 11 is 0. The van der Waals surface area contributed by atoms with E-state index in [1.807, 2.05) is 0 Å². The maximum atomic E-state index is 12.1. The highest BCUT2D eigenvalue weighted by atomic mass is 19.4. The zero-order valence-corrected chi connectivity index (χ0v) is 12.2. The van der Waals surface area contributed by atoms with Crippen molar-refractivity contribution in [2.24, 2.45) is 11.7 Å². The number of alkyl halides is 3. The quantitative estimate of drug-likeness (QED) is 0.893. The normalized spacial score (nSPS) is 26.6. The van der Waals surface area contributed by atoms with Crippen LogP contribution in [0.1, 0.15) is 44.6 Å². The highest BCUT2D eigenvalue weighted by Gasteiger charge is 2.36. The Morgan fingerprint density at radius 1 is 1.24 bits per heavy atom. The summed E-state index contributed by atoms with van der Waals surface area (Å²) in [7, 11) is 0. The maximum Gasteiger partial charge on any atom is 0.573 e. The van der Waals surface area contributed by atoms with Gasteiger partial charge in [-0.15, -0.1) is 13.2 Å². The summed E-state index contributed by atoms with van der Waals surface area (Å²) in [5.41, 5.74) is 7.30. The van der Waals surface area contributed by atoms with Gasteiger partial charge in [0.15, 0.2) is 0 Å². The minimum absolute atomic E-state index is 0.187. The zero-order chi connectivity index (χ0) is 15.5. The highest BCUT2D eigenvalue weighted by molar-refractivity contribution is 5.29. The summed E-state index contributed by atoms with van der Waals surface area (Å²) in [6, 6.07) is 6.07. The predicted molar refractivity (Wildman–Crippen MR) is 76.0 cm³/mol. The molecule has 1 aliphatic carbocycles. The van der Waals surface area contributed by atoms with Gasteiger partial charge in [-0.05, 0) is 42.9 Å². The van der Waals surface area contributed by atoms with E-state index in [9.17, 15) is 13.2 Å². The maximum absolute atomic E-state index is 12.1. The predicted octanol–water partition coefficient (Wildman–Crippen LogP) is 4.43. The minimum Gasteiger partial charge on any atom is -0.406 e. The Morgan fingerprint density at radius 2 is 1.90 bits per heavy atom. The molecule has 0 aliphatic heterocycles. The number of hydrogen-bond donors (Lipinski definition) is 1. The Labute approximate surface area is 123 Å². The molecule has 0 radical (unpaired) electrons. The molecule has 0 amide bonds. The fourth-order valence-corrected chi connectivity index (χ4v) is 3.37. The van der Waals surface area contributed by atoms with Crippen LogP contribution in [0, 0.1) is 5.92 Å². The average Bonchev–Trinajstić information content (AvgIpc) is 2.40. The topological polar surface area (TPSA) is 35.2 Å². The van der Waals surface area contributed by atoms with E-state index in [0.29, 0.717) is 12.3 Å². The molecular formula is C16H22F3NO. The van der Waals surface area contributed by atoms with E-state index >= 15 is 0 Å². The third-order valence-corrected chi connectivity index (χ3v) is 4.44. The molecule has 0 bridgehead atoms. The van der Waals surface area contributed by atoms with E-state index in [2.05, 4.69) is 11.7 Å². The van der Waals surface area contributed by atoms with Gasteiger partial charge in [0.25, 0.3) is 0 Å². The number of hydrogen-bond acceptors (Lipinski definition) is 2. The van der Waals surface area contributed by atoms with Crippen LogP contribution < -0.4 is 10.5 Å². The van der Waals surface area contributed by atoms with Crippen molar-refractivity contribution in [3.05, 3.63) is 29.8 Å².